The van der Waals surface area contributed by atoms with Gasteiger partial charge in [0.05, 0.1) is 33.0 Å². The van der Waals surface area contributed by atoms with Crippen LogP contribution in [0.25, 0.3) is 0 Å². The molecule has 0 aromatic carbocycles. The van der Waals surface area contributed by atoms with Crippen molar-refractivity contribution in [1.82, 2.24) is 24.7 Å². The molecule has 7 heteroatoms. The molecule has 2 rings (SSSR count). The highest BCUT2D eigenvalue weighted by atomic mass is 35.5. The summed E-state index contributed by atoms with van der Waals surface area (Å²) in [5.41, 5.74) is 3.04. The fourth-order valence-corrected chi connectivity index (χ4v) is 3.51. The quantitative estimate of drug-likeness (QED) is 0.848. The van der Waals surface area contributed by atoms with Crippen molar-refractivity contribution in [3.05, 3.63) is 27.0 Å². The Morgan fingerprint density at radius 2 is 2.10 bits per heavy atom. The van der Waals surface area contributed by atoms with Gasteiger partial charge >= 0.3 is 0 Å². The first-order valence-electron chi connectivity index (χ1n) is 7.38. The van der Waals surface area contributed by atoms with Gasteiger partial charge in [-0.1, -0.05) is 29.9 Å². The maximum atomic E-state index is 6.43. The molecule has 116 valence electrons. The van der Waals surface area contributed by atoms with E-state index in [0.29, 0.717) is 0 Å². The van der Waals surface area contributed by atoms with Crippen LogP contribution in [0.5, 0.6) is 0 Å². The summed E-state index contributed by atoms with van der Waals surface area (Å²) in [7, 11) is 0. The van der Waals surface area contributed by atoms with Gasteiger partial charge in [0.2, 0.25) is 0 Å². The minimum Gasteiger partial charge on any atom is -0.309 e. The summed E-state index contributed by atoms with van der Waals surface area (Å²) in [6.07, 6.45) is 1.70. The van der Waals surface area contributed by atoms with E-state index in [9.17, 15) is 0 Å². The second-order valence-corrected chi connectivity index (χ2v) is 6.08. The van der Waals surface area contributed by atoms with Gasteiger partial charge in [0, 0.05) is 13.0 Å². The van der Waals surface area contributed by atoms with Gasteiger partial charge in [-0.15, -0.1) is 5.10 Å². The van der Waals surface area contributed by atoms with Crippen LogP contribution >= 0.6 is 23.1 Å². The Morgan fingerprint density at radius 3 is 2.71 bits per heavy atom. The van der Waals surface area contributed by atoms with Gasteiger partial charge in [0.1, 0.15) is 0 Å². The van der Waals surface area contributed by atoms with Crippen molar-refractivity contribution in [1.29, 1.82) is 0 Å². The summed E-state index contributed by atoms with van der Waals surface area (Å²) in [4.78, 5) is 1.21. The number of nitrogens with zero attached hydrogens (tertiary/aromatic N) is 4. The second kappa shape index (κ2) is 7.33. The number of hydrogen-bond donors (Lipinski definition) is 1. The molecular weight excluding hydrogens is 306 g/mol. The predicted molar refractivity (Wildman–Crippen MR) is 87.1 cm³/mol. The number of nitrogens with one attached hydrogen (secondary N) is 1. The Kier molecular flexibility index (Phi) is 5.72. The molecule has 0 spiro atoms. The number of hydrogen-bond acceptors (Lipinski definition) is 5. The molecule has 1 N–H and O–H groups in total. The van der Waals surface area contributed by atoms with E-state index in [1.165, 1.54) is 16.4 Å². The van der Waals surface area contributed by atoms with Crippen molar-refractivity contribution >= 4 is 23.1 Å². The number of halogens is 1. The van der Waals surface area contributed by atoms with Crippen LogP contribution in [0.4, 0.5) is 0 Å². The Labute approximate surface area is 134 Å². The molecule has 0 amide bonds. The fourth-order valence-electron chi connectivity index (χ4n) is 2.49. The van der Waals surface area contributed by atoms with Gasteiger partial charge in [0.15, 0.2) is 0 Å². The molecule has 0 aliphatic carbocycles. The van der Waals surface area contributed by atoms with E-state index in [1.54, 1.807) is 0 Å². The standard InChI is InChI=1S/C14H22ClN5S/c1-5-10-14(21-19-17-10)11(16-6-2)8-12-13(15)9(4)18-20(12)7-3/h11,16H,5-8H2,1-4H3. The minimum absolute atomic E-state index is 0.184. The van der Waals surface area contributed by atoms with Crippen LogP contribution < -0.4 is 5.32 Å². The average molecular weight is 328 g/mol. The third-order valence-corrected chi connectivity index (χ3v) is 4.91. The SMILES string of the molecule is CCNC(Cc1c(Cl)c(C)nn1CC)c1snnc1CC. The van der Waals surface area contributed by atoms with E-state index in [0.717, 1.165) is 48.0 Å². The highest BCUT2D eigenvalue weighted by Gasteiger charge is 2.22. The lowest BCUT2D eigenvalue weighted by Crippen LogP contribution is -2.24. The number of aryl methyl sites for hydroxylation is 3. The monoisotopic (exact) mass is 327 g/mol. The third-order valence-electron chi connectivity index (χ3n) is 3.54. The second-order valence-electron chi connectivity index (χ2n) is 4.91. The summed E-state index contributed by atoms with van der Waals surface area (Å²) in [5, 5.41) is 13.0. The smallest absolute Gasteiger partial charge is 0.0847 e. The number of aromatic nitrogens is 4. The first-order chi connectivity index (χ1) is 10.1. The van der Waals surface area contributed by atoms with Crippen molar-refractivity contribution in [2.75, 3.05) is 6.54 Å². The lowest BCUT2D eigenvalue weighted by atomic mass is 10.1. The zero-order valence-electron chi connectivity index (χ0n) is 13.0. The Balaban J connectivity index is 2.33. The molecule has 2 aromatic rings. The first kappa shape index (κ1) is 16.4. The molecule has 1 unspecified atom stereocenters. The molecule has 0 bridgehead atoms. The third kappa shape index (κ3) is 3.44. The molecule has 0 aliphatic rings. The molecule has 0 aliphatic heterocycles. The largest absolute Gasteiger partial charge is 0.309 e. The Hall–Kier alpha value is -0.980. The van der Waals surface area contributed by atoms with E-state index in [4.69, 9.17) is 11.6 Å². The minimum atomic E-state index is 0.184. The molecule has 0 radical (unpaired) electrons. The predicted octanol–water partition coefficient (Wildman–Crippen LogP) is 3.17. The van der Waals surface area contributed by atoms with Crippen molar-refractivity contribution in [3.63, 3.8) is 0 Å². The van der Waals surface area contributed by atoms with Gasteiger partial charge in [-0.25, -0.2) is 0 Å². The number of likely N-dealkylation sites (N-methyl/N-ethyl adjacent to an activating group) is 1. The van der Waals surface area contributed by atoms with Crippen LogP contribution in [0.15, 0.2) is 0 Å². The highest BCUT2D eigenvalue weighted by Crippen LogP contribution is 2.29. The van der Waals surface area contributed by atoms with Crippen LogP contribution in [-0.2, 0) is 19.4 Å². The molecule has 0 saturated heterocycles. The molecule has 2 aromatic heterocycles. The van der Waals surface area contributed by atoms with Crippen LogP contribution in [0.3, 0.4) is 0 Å². The van der Waals surface area contributed by atoms with Gasteiger partial charge in [-0.3, -0.25) is 4.68 Å². The number of rotatable bonds is 7. The molecule has 2 heterocycles. The fraction of sp³-hybridized carbons (Fsp3) is 0.643. The van der Waals surface area contributed by atoms with Crippen LogP contribution in [0, 0.1) is 6.92 Å². The van der Waals surface area contributed by atoms with Crippen LogP contribution in [-0.4, -0.2) is 25.9 Å². The van der Waals surface area contributed by atoms with E-state index < -0.39 is 0 Å². The Bertz CT molecular complexity index is 592. The van der Waals surface area contributed by atoms with Crippen molar-refractivity contribution in [2.45, 2.75) is 53.1 Å². The van der Waals surface area contributed by atoms with E-state index >= 15 is 0 Å². The summed E-state index contributed by atoms with van der Waals surface area (Å²) in [6, 6.07) is 0.184. The van der Waals surface area contributed by atoms with E-state index in [2.05, 4.69) is 40.8 Å². The maximum absolute atomic E-state index is 6.43. The molecule has 1 atom stereocenters. The van der Waals surface area contributed by atoms with Gasteiger partial charge in [0.25, 0.3) is 0 Å². The molecular formula is C14H22ClN5S. The van der Waals surface area contributed by atoms with Gasteiger partial charge < -0.3 is 5.32 Å². The van der Waals surface area contributed by atoms with Crippen molar-refractivity contribution < 1.29 is 0 Å². The van der Waals surface area contributed by atoms with E-state index in [1.807, 2.05) is 11.6 Å². The zero-order valence-corrected chi connectivity index (χ0v) is 14.6. The zero-order chi connectivity index (χ0) is 15.4. The summed E-state index contributed by atoms with van der Waals surface area (Å²) >= 11 is 7.90. The average Bonchev–Trinajstić information content (AvgIpc) is 3.06. The summed E-state index contributed by atoms with van der Waals surface area (Å²) in [6.45, 7) is 9.96. The van der Waals surface area contributed by atoms with E-state index in [-0.39, 0.29) is 6.04 Å². The first-order valence-corrected chi connectivity index (χ1v) is 8.53. The molecule has 0 fully saturated rings. The lowest BCUT2D eigenvalue weighted by Gasteiger charge is -2.18. The van der Waals surface area contributed by atoms with Crippen molar-refractivity contribution in [3.8, 4) is 0 Å². The maximum Gasteiger partial charge on any atom is 0.0847 e. The van der Waals surface area contributed by atoms with Gasteiger partial charge in [-0.2, -0.15) is 5.10 Å². The normalized spacial score (nSPS) is 12.8. The highest BCUT2D eigenvalue weighted by molar-refractivity contribution is 7.05. The van der Waals surface area contributed by atoms with Crippen LogP contribution in [0.2, 0.25) is 5.02 Å². The van der Waals surface area contributed by atoms with Crippen molar-refractivity contribution in [2.24, 2.45) is 0 Å². The molecule has 0 saturated carbocycles. The molecule has 5 nitrogen and oxygen atoms in total. The summed E-state index contributed by atoms with van der Waals surface area (Å²) < 4.78 is 6.09. The van der Waals surface area contributed by atoms with Crippen LogP contribution in [0.1, 0.15) is 48.8 Å². The Morgan fingerprint density at radius 1 is 1.33 bits per heavy atom. The lowest BCUT2D eigenvalue weighted by molar-refractivity contribution is 0.519. The molecule has 21 heavy (non-hydrogen) atoms. The van der Waals surface area contributed by atoms with Gasteiger partial charge in [-0.05, 0) is 38.3 Å². The topological polar surface area (TPSA) is 55.6 Å². The summed E-state index contributed by atoms with van der Waals surface area (Å²) in [5.74, 6) is 0.